The van der Waals surface area contributed by atoms with E-state index in [9.17, 15) is 8.78 Å². The summed E-state index contributed by atoms with van der Waals surface area (Å²) < 4.78 is 33.2. The zero-order valence-corrected chi connectivity index (χ0v) is 12.7. The molecule has 0 bridgehead atoms. The van der Waals surface area contributed by atoms with Crippen LogP contribution in [0.2, 0.25) is 5.15 Å². The molecule has 23 heavy (non-hydrogen) atoms. The van der Waals surface area contributed by atoms with Gasteiger partial charge in [0.05, 0.1) is 0 Å². The first-order valence-corrected chi connectivity index (χ1v) is 7.30. The molecule has 0 spiro atoms. The predicted molar refractivity (Wildman–Crippen MR) is 85.4 cm³/mol. The Balaban J connectivity index is 1.96. The maximum absolute atomic E-state index is 14.0. The maximum Gasteiger partial charge on any atom is 0.146 e. The van der Waals surface area contributed by atoms with Gasteiger partial charge in [-0.3, -0.25) is 0 Å². The van der Waals surface area contributed by atoms with Crippen molar-refractivity contribution in [3.8, 4) is 17.0 Å². The molecule has 2 nitrogen and oxygen atoms in total. The Morgan fingerprint density at radius 2 is 1.74 bits per heavy atom. The van der Waals surface area contributed by atoms with Crippen molar-refractivity contribution in [1.82, 2.24) is 4.98 Å². The Labute approximate surface area is 137 Å². The van der Waals surface area contributed by atoms with Crippen molar-refractivity contribution in [3.05, 3.63) is 83.0 Å². The van der Waals surface area contributed by atoms with E-state index in [1.807, 2.05) is 30.3 Å². The molecule has 3 rings (SSSR count). The average molecular weight is 332 g/mol. The summed E-state index contributed by atoms with van der Waals surface area (Å²) in [4.78, 5) is 4.09. The second kappa shape index (κ2) is 6.75. The van der Waals surface area contributed by atoms with Crippen LogP contribution in [0.1, 0.15) is 5.56 Å². The lowest BCUT2D eigenvalue weighted by Crippen LogP contribution is -1.99. The number of ether oxygens (including phenoxy) is 1. The number of hydrogen-bond donors (Lipinski definition) is 0. The lowest BCUT2D eigenvalue weighted by molar-refractivity contribution is 0.306. The largest absolute Gasteiger partial charge is 0.487 e. The monoisotopic (exact) mass is 331 g/mol. The molecule has 3 aromatic rings. The van der Waals surface area contributed by atoms with Crippen molar-refractivity contribution in [1.29, 1.82) is 0 Å². The van der Waals surface area contributed by atoms with Crippen LogP contribution in [0.4, 0.5) is 8.78 Å². The Bertz CT molecular complexity index is 825. The standard InChI is InChI=1S/C18H12ClF2NO/c19-17-9-8-16(23-11-12-4-2-1-3-5-12)18(22-17)14-10-13(20)6-7-15(14)21/h1-10H,11H2. The third-order valence-electron chi connectivity index (χ3n) is 3.24. The molecule has 0 atom stereocenters. The minimum absolute atomic E-state index is 0.00978. The molecule has 2 aromatic carbocycles. The van der Waals surface area contributed by atoms with Gasteiger partial charge in [0.2, 0.25) is 0 Å². The van der Waals surface area contributed by atoms with Crippen LogP contribution in [0.3, 0.4) is 0 Å². The van der Waals surface area contributed by atoms with Gasteiger partial charge < -0.3 is 4.74 Å². The zero-order valence-electron chi connectivity index (χ0n) is 12.0. The molecule has 0 radical (unpaired) electrons. The van der Waals surface area contributed by atoms with E-state index in [1.54, 1.807) is 12.1 Å². The summed E-state index contributed by atoms with van der Waals surface area (Å²) in [6, 6.07) is 15.8. The molecule has 0 aliphatic heterocycles. The summed E-state index contributed by atoms with van der Waals surface area (Å²) in [6.07, 6.45) is 0. The van der Waals surface area contributed by atoms with Gasteiger partial charge in [-0.1, -0.05) is 41.9 Å². The third-order valence-corrected chi connectivity index (χ3v) is 3.46. The van der Waals surface area contributed by atoms with Crippen molar-refractivity contribution < 1.29 is 13.5 Å². The van der Waals surface area contributed by atoms with E-state index < -0.39 is 11.6 Å². The van der Waals surface area contributed by atoms with Gasteiger partial charge in [-0.2, -0.15) is 0 Å². The van der Waals surface area contributed by atoms with Crippen LogP contribution in [0, 0.1) is 11.6 Å². The van der Waals surface area contributed by atoms with E-state index in [0.29, 0.717) is 5.75 Å². The van der Waals surface area contributed by atoms with Gasteiger partial charge in [0.1, 0.15) is 34.8 Å². The SMILES string of the molecule is Fc1ccc(F)c(-c2nc(Cl)ccc2OCc2ccccc2)c1. The van der Waals surface area contributed by atoms with Crippen LogP contribution in [-0.4, -0.2) is 4.98 Å². The molecule has 116 valence electrons. The van der Waals surface area contributed by atoms with Crippen molar-refractivity contribution >= 4 is 11.6 Å². The molecule has 0 saturated heterocycles. The van der Waals surface area contributed by atoms with Crippen LogP contribution in [0.15, 0.2) is 60.7 Å². The van der Waals surface area contributed by atoms with E-state index >= 15 is 0 Å². The minimum atomic E-state index is -0.592. The highest BCUT2D eigenvalue weighted by Crippen LogP contribution is 2.32. The summed E-state index contributed by atoms with van der Waals surface area (Å²) in [5, 5.41) is 0.177. The maximum atomic E-state index is 14.0. The molecule has 5 heteroatoms. The quantitative estimate of drug-likeness (QED) is 0.608. The fraction of sp³-hybridized carbons (Fsp3) is 0.0556. The van der Waals surface area contributed by atoms with Crippen molar-refractivity contribution in [2.24, 2.45) is 0 Å². The van der Waals surface area contributed by atoms with Crippen LogP contribution >= 0.6 is 11.6 Å². The summed E-state index contributed by atoms with van der Waals surface area (Å²) in [6.45, 7) is 0.286. The number of aromatic nitrogens is 1. The number of nitrogens with zero attached hydrogens (tertiary/aromatic N) is 1. The smallest absolute Gasteiger partial charge is 0.146 e. The number of halogens is 3. The number of hydrogen-bond acceptors (Lipinski definition) is 2. The molecule has 0 aliphatic carbocycles. The summed E-state index contributed by atoms with van der Waals surface area (Å²) >= 11 is 5.89. The summed E-state index contributed by atoms with van der Waals surface area (Å²) in [5.41, 5.74) is 1.13. The fourth-order valence-corrected chi connectivity index (χ4v) is 2.29. The number of pyridine rings is 1. The van der Waals surface area contributed by atoms with Crippen LogP contribution < -0.4 is 4.74 Å². The Kier molecular flexibility index (Phi) is 4.53. The third kappa shape index (κ3) is 3.66. The van der Waals surface area contributed by atoms with E-state index in [1.165, 1.54) is 0 Å². The van der Waals surface area contributed by atoms with Gasteiger partial charge in [-0.25, -0.2) is 13.8 Å². The lowest BCUT2D eigenvalue weighted by Gasteiger charge is -2.12. The summed E-state index contributed by atoms with van der Waals surface area (Å²) in [7, 11) is 0. The predicted octanol–water partition coefficient (Wildman–Crippen LogP) is 5.26. The van der Waals surface area contributed by atoms with Crippen LogP contribution in [0.25, 0.3) is 11.3 Å². The average Bonchev–Trinajstić information content (AvgIpc) is 2.57. The van der Waals surface area contributed by atoms with Gasteiger partial charge in [-0.15, -0.1) is 0 Å². The molecular weight excluding hydrogens is 320 g/mol. The van der Waals surface area contributed by atoms with E-state index in [-0.39, 0.29) is 23.0 Å². The first-order chi connectivity index (χ1) is 11.1. The Morgan fingerprint density at radius 3 is 2.52 bits per heavy atom. The lowest BCUT2D eigenvalue weighted by atomic mass is 10.1. The van der Waals surface area contributed by atoms with Gasteiger partial charge in [-0.05, 0) is 35.9 Å². The van der Waals surface area contributed by atoms with Crippen molar-refractivity contribution in [2.45, 2.75) is 6.61 Å². The Hall–Kier alpha value is -2.46. The Morgan fingerprint density at radius 1 is 0.957 bits per heavy atom. The van der Waals surface area contributed by atoms with Gasteiger partial charge in [0, 0.05) is 5.56 Å². The molecule has 1 aromatic heterocycles. The second-order valence-corrected chi connectivity index (χ2v) is 5.27. The highest BCUT2D eigenvalue weighted by atomic mass is 35.5. The van der Waals surface area contributed by atoms with Crippen molar-refractivity contribution in [2.75, 3.05) is 0 Å². The fourth-order valence-electron chi connectivity index (χ4n) is 2.15. The normalized spacial score (nSPS) is 10.6. The summed E-state index contributed by atoms with van der Waals surface area (Å²) in [5.74, 6) is -0.814. The highest BCUT2D eigenvalue weighted by molar-refractivity contribution is 6.29. The molecule has 0 saturated carbocycles. The molecule has 1 heterocycles. The second-order valence-electron chi connectivity index (χ2n) is 4.88. The minimum Gasteiger partial charge on any atom is -0.487 e. The van der Waals surface area contributed by atoms with E-state index in [2.05, 4.69) is 4.98 Å². The van der Waals surface area contributed by atoms with Gasteiger partial charge >= 0.3 is 0 Å². The molecule has 0 amide bonds. The first kappa shape index (κ1) is 15.4. The topological polar surface area (TPSA) is 22.1 Å². The zero-order chi connectivity index (χ0) is 16.2. The van der Waals surface area contributed by atoms with E-state index in [0.717, 1.165) is 23.8 Å². The van der Waals surface area contributed by atoms with E-state index in [4.69, 9.17) is 16.3 Å². The number of rotatable bonds is 4. The van der Waals surface area contributed by atoms with Gasteiger partial charge in [0.15, 0.2) is 0 Å². The first-order valence-electron chi connectivity index (χ1n) is 6.92. The van der Waals surface area contributed by atoms with Crippen molar-refractivity contribution in [3.63, 3.8) is 0 Å². The molecule has 0 N–H and O–H groups in total. The molecule has 0 unspecified atom stereocenters. The van der Waals surface area contributed by atoms with Gasteiger partial charge in [0.25, 0.3) is 0 Å². The molecular formula is C18H12ClF2NO. The van der Waals surface area contributed by atoms with Crippen LogP contribution in [-0.2, 0) is 6.61 Å². The number of benzene rings is 2. The molecule has 0 aliphatic rings. The molecule has 0 fully saturated rings. The highest BCUT2D eigenvalue weighted by Gasteiger charge is 2.15. The van der Waals surface area contributed by atoms with Crippen LogP contribution in [0.5, 0.6) is 5.75 Å².